The highest BCUT2D eigenvalue weighted by Crippen LogP contribution is 2.22. The van der Waals surface area contributed by atoms with Gasteiger partial charge in [-0.15, -0.1) is 0 Å². The zero-order chi connectivity index (χ0) is 20.1. The lowest BCUT2D eigenvalue weighted by Gasteiger charge is -2.35. The predicted molar refractivity (Wildman–Crippen MR) is 111 cm³/mol. The lowest BCUT2D eigenvalue weighted by molar-refractivity contribution is -0.131. The van der Waals surface area contributed by atoms with Crippen LogP contribution in [0.1, 0.15) is 29.7 Å². The second kappa shape index (κ2) is 9.11. The molecule has 1 aliphatic heterocycles. The first-order valence-corrected chi connectivity index (χ1v) is 9.95. The number of amides is 3. The minimum Gasteiger partial charge on any atom is -0.339 e. The Hall–Kier alpha value is -2.53. The number of nitrogens with one attached hydrogen (secondary N) is 1. The van der Waals surface area contributed by atoms with Gasteiger partial charge < -0.3 is 15.1 Å². The molecular formula is C22H26ClN3O2. The molecule has 1 aliphatic rings. The minimum atomic E-state index is -0.178. The summed E-state index contributed by atoms with van der Waals surface area (Å²) in [4.78, 5) is 28.7. The van der Waals surface area contributed by atoms with Gasteiger partial charge in [0.15, 0.2) is 0 Å². The molecule has 1 fully saturated rings. The Morgan fingerprint density at radius 2 is 1.61 bits per heavy atom. The molecule has 28 heavy (non-hydrogen) atoms. The van der Waals surface area contributed by atoms with Gasteiger partial charge in [0.1, 0.15) is 0 Å². The molecule has 0 bridgehead atoms. The van der Waals surface area contributed by atoms with Crippen LogP contribution in [0, 0.1) is 6.92 Å². The molecule has 5 nitrogen and oxygen atoms in total. The maximum absolute atomic E-state index is 12.6. The number of nitrogens with zero attached hydrogens (tertiary/aromatic N) is 2. The molecule has 3 rings (SSSR count). The van der Waals surface area contributed by atoms with Crippen LogP contribution in [0.3, 0.4) is 0 Å². The number of urea groups is 1. The van der Waals surface area contributed by atoms with Crippen LogP contribution < -0.4 is 5.32 Å². The summed E-state index contributed by atoms with van der Waals surface area (Å²) in [5.74, 6) is 0.105. The maximum atomic E-state index is 12.6. The van der Waals surface area contributed by atoms with Gasteiger partial charge >= 0.3 is 6.03 Å². The summed E-state index contributed by atoms with van der Waals surface area (Å²) in [6.45, 7) is 6.11. The number of halogens is 1. The van der Waals surface area contributed by atoms with E-state index in [1.807, 2.05) is 67.3 Å². The monoisotopic (exact) mass is 399 g/mol. The topological polar surface area (TPSA) is 52.7 Å². The van der Waals surface area contributed by atoms with E-state index in [1.54, 1.807) is 4.90 Å². The number of hydrogen-bond donors (Lipinski definition) is 1. The third-order valence-electron chi connectivity index (χ3n) is 5.11. The highest BCUT2D eigenvalue weighted by molar-refractivity contribution is 6.31. The van der Waals surface area contributed by atoms with Crippen LogP contribution in [-0.2, 0) is 11.2 Å². The highest BCUT2D eigenvalue weighted by Gasteiger charge is 2.25. The highest BCUT2D eigenvalue weighted by atomic mass is 35.5. The van der Waals surface area contributed by atoms with Crippen molar-refractivity contribution in [3.05, 3.63) is 70.2 Å². The molecule has 1 atom stereocenters. The molecule has 2 aromatic carbocycles. The van der Waals surface area contributed by atoms with Crippen molar-refractivity contribution in [2.24, 2.45) is 0 Å². The van der Waals surface area contributed by atoms with Crippen molar-refractivity contribution in [1.82, 2.24) is 15.1 Å². The number of benzene rings is 2. The van der Waals surface area contributed by atoms with E-state index >= 15 is 0 Å². The molecule has 6 heteroatoms. The summed E-state index contributed by atoms with van der Waals surface area (Å²) in [5, 5.41) is 3.64. The second-order valence-electron chi connectivity index (χ2n) is 7.22. The van der Waals surface area contributed by atoms with Gasteiger partial charge in [0.2, 0.25) is 5.91 Å². The summed E-state index contributed by atoms with van der Waals surface area (Å²) in [6, 6.07) is 15.2. The van der Waals surface area contributed by atoms with Gasteiger partial charge in [-0.3, -0.25) is 4.79 Å². The van der Waals surface area contributed by atoms with Crippen molar-refractivity contribution in [3.8, 4) is 0 Å². The Bertz CT molecular complexity index is 830. The fourth-order valence-corrected chi connectivity index (χ4v) is 3.63. The summed E-state index contributed by atoms with van der Waals surface area (Å²) >= 11 is 6.21. The van der Waals surface area contributed by atoms with Gasteiger partial charge in [-0.25, -0.2) is 4.79 Å². The molecule has 0 spiro atoms. The van der Waals surface area contributed by atoms with Gasteiger partial charge in [0.05, 0.1) is 12.5 Å². The van der Waals surface area contributed by atoms with Crippen LogP contribution in [-0.4, -0.2) is 47.9 Å². The molecule has 0 saturated carbocycles. The van der Waals surface area contributed by atoms with Gasteiger partial charge in [-0.2, -0.15) is 0 Å². The Kier molecular flexibility index (Phi) is 6.57. The third-order valence-corrected chi connectivity index (χ3v) is 5.45. The Morgan fingerprint density at radius 1 is 1.00 bits per heavy atom. The van der Waals surface area contributed by atoms with Crippen LogP contribution in [0.5, 0.6) is 0 Å². The molecule has 0 aliphatic carbocycles. The van der Waals surface area contributed by atoms with Crippen molar-refractivity contribution in [1.29, 1.82) is 0 Å². The Morgan fingerprint density at radius 3 is 2.25 bits per heavy atom. The van der Waals surface area contributed by atoms with Crippen LogP contribution in [0.15, 0.2) is 48.5 Å². The number of carbonyl (C=O) groups is 2. The van der Waals surface area contributed by atoms with Crippen molar-refractivity contribution < 1.29 is 9.59 Å². The van der Waals surface area contributed by atoms with E-state index in [9.17, 15) is 9.59 Å². The molecule has 1 unspecified atom stereocenters. The van der Waals surface area contributed by atoms with E-state index in [4.69, 9.17) is 11.6 Å². The van der Waals surface area contributed by atoms with Crippen LogP contribution >= 0.6 is 11.6 Å². The van der Waals surface area contributed by atoms with Gasteiger partial charge in [0.25, 0.3) is 0 Å². The predicted octanol–water partition coefficient (Wildman–Crippen LogP) is 3.81. The second-order valence-corrected chi connectivity index (χ2v) is 7.63. The van der Waals surface area contributed by atoms with Crippen LogP contribution in [0.4, 0.5) is 4.79 Å². The molecule has 0 radical (unpaired) electrons. The summed E-state index contributed by atoms with van der Waals surface area (Å²) in [6.07, 6.45) is 0.399. The van der Waals surface area contributed by atoms with Gasteiger partial charge in [0, 0.05) is 31.2 Å². The van der Waals surface area contributed by atoms with Gasteiger partial charge in [-0.05, 0) is 31.0 Å². The molecule has 1 heterocycles. The van der Waals surface area contributed by atoms with Gasteiger partial charge in [-0.1, -0.05) is 59.6 Å². The normalized spacial score (nSPS) is 15.2. The van der Waals surface area contributed by atoms with Crippen molar-refractivity contribution >= 4 is 23.5 Å². The standard InChI is InChI=1S/C22H26ClN3O2/c1-16-7-9-18(10-8-16)15-21(27)25-11-13-26(14-12-25)22(28)24-17(2)19-5-3-4-6-20(19)23/h3-10,17H,11-15H2,1-2H3,(H,24,28). The molecular weight excluding hydrogens is 374 g/mol. The van der Waals surface area contributed by atoms with E-state index in [0.717, 1.165) is 11.1 Å². The lowest BCUT2D eigenvalue weighted by atomic mass is 10.1. The van der Waals surface area contributed by atoms with E-state index in [2.05, 4.69) is 5.32 Å². The fourth-order valence-electron chi connectivity index (χ4n) is 3.33. The smallest absolute Gasteiger partial charge is 0.317 e. The van der Waals surface area contributed by atoms with Crippen molar-refractivity contribution in [2.75, 3.05) is 26.2 Å². The number of piperazine rings is 1. The van der Waals surface area contributed by atoms with Crippen LogP contribution in [0.2, 0.25) is 5.02 Å². The Balaban J connectivity index is 1.49. The number of aryl methyl sites for hydroxylation is 1. The molecule has 2 aromatic rings. The van der Waals surface area contributed by atoms with E-state index in [0.29, 0.717) is 37.6 Å². The number of rotatable bonds is 4. The quantitative estimate of drug-likeness (QED) is 0.850. The number of hydrogen-bond acceptors (Lipinski definition) is 2. The van der Waals surface area contributed by atoms with Crippen molar-refractivity contribution in [3.63, 3.8) is 0 Å². The SMILES string of the molecule is Cc1ccc(CC(=O)N2CCN(C(=O)NC(C)c3ccccc3Cl)CC2)cc1. The molecule has 3 amide bonds. The molecule has 0 aromatic heterocycles. The molecule has 148 valence electrons. The van der Waals surface area contributed by atoms with Crippen molar-refractivity contribution in [2.45, 2.75) is 26.3 Å². The average Bonchev–Trinajstić information content (AvgIpc) is 2.70. The van der Waals surface area contributed by atoms with E-state index in [-0.39, 0.29) is 18.0 Å². The molecule has 1 saturated heterocycles. The first-order valence-electron chi connectivity index (χ1n) is 9.57. The maximum Gasteiger partial charge on any atom is 0.317 e. The largest absolute Gasteiger partial charge is 0.339 e. The summed E-state index contributed by atoms with van der Waals surface area (Å²) < 4.78 is 0. The fraction of sp³-hybridized carbons (Fsp3) is 0.364. The Labute approximate surface area is 171 Å². The third kappa shape index (κ3) is 5.04. The number of carbonyl (C=O) groups excluding carboxylic acids is 2. The van der Waals surface area contributed by atoms with Crippen LogP contribution in [0.25, 0.3) is 0 Å². The average molecular weight is 400 g/mol. The zero-order valence-corrected chi connectivity index (χ0v) is 17.1. The minimum absolute atomic E-state index is 0.105. The molecule has 1 N–H and O–H groups in total. The first kappa shape index (κ1) is 20.2. The van der Waals surface area contributed by atoms with E-state index in [1.165, 1.54) is 5.56 Å². The van der Waals surface area contributed by atoms with E-state index < -0.39 is 0 Å². The zero-order valence-electron chi connectivity index (χ0n) is 16.3. The lowest BCUT2D eigenvalue weighted by Crippen LogP contribution is -2.53. The summed E-state index contributed by atoms with van der Waals surface area (Å²) in [5.41, 5.74) is 3.09. The summed E-state index contributed by atoms with van der Waals surface area (Å²) in [7, 11) is 0. The first-order chi connectivity index (χ1) is 13.4.